The molecule has 3 heteroatoms. The standard InChI is InChI=1S/C27H42N3/c1-4-5-6-7-8-9-10-11-12-13-22-30(2,3)27-20-14-24(15-21-27)23-29-26-18-16-25(28)17-19-26/h14-21,23H,4-13,22,28H2,1-3H3/q+1. The molecular formula is C27H42N3+. The van der Waals surface area contributed by atoms with Crippen LogP contribution in [-0.2, 0) is 0 Å². The van der Waals surface area contributed by atoms with Crippen LogP contribution in [0.5, 0.6) is 0 Å². The second kappa shape index (κ2) is 13.2. The molecule has 0 atom stereocenters. The van der Waals surface area contributed by atoms with Crippen molar-refractivity contribution < 1.29 is 0 Å². The van der Waals surface area contributed by atoms with Gasteiger partial charge < -0.3 is 5.73 Å². The third-order valence-electron chi connectivity index (χ3n) is 5.92. The first-order valence-electron chi connectivity index (χ1n) is 11.8. The van der Waals surface area contributed by atoms with Gasteiger partial charge in [-0.1, -0.05) is 58.3 Å². The number of nitrogen functional groups attached to an aromatic ring is 1. The van der Waals surface area contributed by atoms with Crippen molar-refractivity contribution in [3.8, 4) is 0 Å². The maximum Gasteiger partial charge on any atom is 0.132 e. The van der Waals surface area contributed by atoms with Crippen LogP contribution in [0.1, 0.15) is 76.7 Å². The fourth-order valence-electron chi connectivity index (χ4n) is 3.80. The molecule has 3 nitrogen and oxygen atoms in total. The van der Waals surface area contributed by atoms with Gasteiger partial charge in [-0.25, -0.2) is 0 Å². The van der Waals surface area contributed by atoms with E-state index in [0.717, 1.165) is 21.4 Å². The van der Waals surface area contributed by atoms with Gasteiger partial charge in [0.15, 0.2) is 0 Å². The molecule has 2 aromatic rings. The predicted octanol–water partition coefficient (Wildman–Crippen LogP) is 7.51. The summed E-state index contributed by atoms with van der Waals surface area (Å²) in [6.07, 6.45) is 15.8. The summed E-state index contributed by atoms with van der Waals surface area (Å²) in [5, 5.41) is 0. The van der Waals surface area contributed by atoms with E-state index in [-0.39, 0.29) is 0 Å². The lowest BCUT2D eigenvalue weighted by atomic mass is 10.1. The Labute approximate surface area is 184 Å². The maximum absolute atomic E-state index is 5.72. The Morgan fingerprint density at radius 3 is 1.83 bits per heavy atom. The van der Waals surface area contributed by atoms with Crippen LogP contribution in [0.25, 0.3) is 0 Å². The number of hydrogen-bond acceptors (Lipinski definition) is 2. The number of anilines is 1. The summed E-state index contributed by atoms with van der Waals surface area (Å²) in [6.45, 7) is 3.47. The Balaban J connectivity index is 1.69. The number of aliphatic imine (C=N–C) groups is 1. The third-order valence-corrected chi connectivity index (χ3v) is 5.92. The van der Waals surface area contributed by atoms with Crippen molar-refractivity contribution >= 4 is 23.3 Å². The van der Waals surface area contributed by atoms with Gasteiger partial charge in [-0.15, -0.1) is 0 Å². The molecule has 0 aromatic heterocycles. The van der Waals surface area contributed by atoms with Gasteiger partial charge in [0.05, 0.1) is 26.3 Å². The molecule has 164 valence electrons. The molecule has 0 saturated heterocycles. The van der Waals surface area contributed by atoms with Crippen molar-refractivity contribution in [1.29, 1.82) is 0 Å². The molecule has 0 fully saturated rings. The Morgan fingerprint density at radius 1 is 0.733 bits per heavy atom. The van der Waals surface area contributed by atoms with Crippen molar-refractivity contribution in [3.63, 3.8) is 0 Å². The van der Waals surface area contributed by atoms with Gasteiger partial charge in [-0.05, 0) is 66.9 Å². The van der Waals surface area contributed by atoms with Crippen LogP contribution in [-0.4, -0.2) is 26.9 Å². The molecule has 0 amide bonds. The first kappa shape index (κ1) is 24.1. The van der Waals surface area contributed by atoms with Gasteiger partial charge in [0, 0.05) is 11.9 Å². The maximum atomic E-state index is 5.72. The van der Waals surface area contributed by atoms with Crippen LogP contribution in [0.15, 0.2) is 53.5 Å². The molecule has 2 aromatic carbocycles. The van der Waals surface area contributed by atoms with Crippen LogP contribution in [0, 0.1) is 0 Å². The van der Waals surface area contributed by atoms with Crippen LogP contribution in [0.2, 0.25) is 0 Å². The second-order valence-corrected chi connectivity index (χ2v) is 9.03. The normalized spacial score (nSPS) is 12.0. The summed E-state index contributed by atoms with van der Waals surface area (Å²) in [5.41, 5.74) is 9.89. The summed E-state index contributed by atoms with van der Waals surface area (Å²) >= 11 is 0. The lowest BCUT2D eigenvalue weighted by Gasteiger charge is -2.29. The highest BCUT2D eigenvalue weighted by Gasteiger charge is 2.17. The topological polar surface area (TPSA) is 38.4 Å². The molecule has 0 aliphatic heterocycles. The van der Waals surface area contributed by atoms with E-state index in [1.165, 1.54) is 76.4 Å². The van der Waals surface area contributed by atoms with E-state index in [2.05, 4.69) is 50.3 Å². The van der Waals surface area contributed by atoms with Crippen LogP contribution < -0.4 is 10.2 Å². The number of benzene rings is 2. The van der Waals surface area contributed by atoms with E-state index in [9.17, 15) is 0 Å². The van der Waals surface area contributed by atoms with Crippen LogP contribution in [0.4, 0.5) is 17.1 Å². The van der Waals surface area contributed by atoms with Crippen molar-refractivity contribution in [2.45, 2.75) is 71.1 Å². The van der Waals surface area contributed by atoms with Gasteiger partial charge in [0.25, 0.3) is 0 Å². The zero-order valence-electron chi connectivity index (χ0n) is 19.4. The molecule has 2 N–H and O–H groups in total. The first-order chi connectivity index (χ1) is 14.5. The lowest BCUT2D eigenvalue weighted by Crippen LogP contribution is -2.41. The highest BCUT2D eigenvalue weighted by atomic mass is 15.3. The molecule has 0 spiro atoms. The van der Waals surface area contributed by atoms with Crippen LogP contribution >= 0.6 is 0 Å². The average Bonchev–Trinajstić information content (AvgIpc) is 2.75. The molecule has 0 saturated carbocycles. The highest BCUT2D eigenvalue weighted by Crippen LogP contribution is 2.21. The zero-order valence-corrected chi connectivity index (χ0v) is 19.4. The van der Waals surface area contributed by atoms with Crippen molar-refractivity contribution in [3.05, 3.63) is 54.1 Å². The second-order valence-electron chi connectivity index (χ2n) is 9.03. The summed E-state index contributed by atoms with van der Waals surface area (Å²) in [7, 11) is 4.62. The Morgan fingerprint density at radius 2 is 1.27 bits per heavy atom. The Hall–Kier alpha value is -2.13. The van der Waals surface area contributed by atoms with Gasteiger partial charge in [0.1, 0.15) is 5.69 Å². The quantitative estimate of drug-likeness (QED) is 0.149. The summed E-state index contributed by atoms with van der Waals surface area (Å²) in [4.78, 5) is 4.53. The molecule has 2 rings (SSSR count). The van der Waals surface area contributed by atoms with Gasteiger partial charge >= 0.3 is 0 Å². The van der Waals surface area contributed by atoms with E-state index in [0.29, 0.717) is 0 Å². The number of nitrogens with zero attached hydrogens (tertiary/aromatic N) is 2. The van der Waals surface area contributed by atoms with Crippen molar-refractivity contribution in [2.75, 3.05) is 26.4 Å². The summed E-state index contributed by atoms with van der Waals surface area (Å²) < 4.78 is 0.937. The molecule has 0 bridgehead atoms. The average molecular weight is 409 g/mol. The smallest absolute Gasteiger partial charge is 0.132 e. The molecule has 0 aliphatic rings. The molecule has 0 aliphatic carbocycles. The molecule has 30 heavy (non-hydrogen) atoms. The Bertz CT molecular complexity index is 730. The van der Waals surface area contributed by atoms with Gasteiger partial charge in [-0.3, -0.25) is 9.48 Å². The predicted molar refractivity (Wildman–Crippen MR) is 135 cm³/mol. The largest absolute Gasteiger partial charge is 0.399 e. The summed E-state index contributed by atoms with van der Waals surface area (Å²) in [6, 6.07) is 16.4. The minimum Gasteiger partial charge on any atom is -0.399 e. The molecule has 0 heterocycles. The fraction of sp³-hybridized carbons (Fsp3) is 0.519. The molecular weight excluding hydrogens is 366 g/mol. The summed E-state index contributed by atoms with van der Waals surface area (Å²) in [5.74, 6) is 0. The Kier molecular flexibility index (Phi) is 10.6. The number of quaternary nitrogens is 1. The third kappa shape index (κ3) is 9.13. The van der Waals surface area contributed by atoms with E-state index < -0.39 is 0 Å². The number of unbranched alkanes of at least 4 members (excludes halogenated alkanes) is 9. The number of nitrogens with two attached hydrogens (primary N) is 1. The SMILES string of the molecule is CCCCCCCCCCCC[N+](C)(C)c1ccc(C=Nc2ccc(N)cc2)cc1. The minimum absolute atomic E-state index is 0.765. The van der Waals surface area contributed by atoms with E-state index >= 15 is 0 Å². The van der Waals surface area contributed by atoms with Gasteiger partial charge in [0.2, 0.25) is 0 Å². The number of rotatable bonds is 14. The fourth-order valence-corrected chi connectivity index (χ4v) is 3.80. The minimum atomic E-state index is 0.765. The number of hydrogen-bond donors (Lipinski definition) is 1. The monoisotopic (exact) mass is 408 g/mol. The van der Waals surface area contributed by atoms with E-state index in [4.69, 9.17) is 5.73 Å². The van der Waals surface area contributed by atoms with E-state index in [1.54, 1.807) is 0 Å². The van der Waals surface area contributed by atoms with Crippen molar-refractivity contribution in [2.24, 2.45) is 4.99 Å². The van der Waals surface area contributed by atoms with Gasteiger partial charge in [-0.2, -0.15) is 0 Å². The zero-order chi connectivity index (χ0) is 21.7. The lowest BCUT2D eigenvalue weighted by molar-refractivity contribution is 0.380. The van der Waals surface area contributed by atoms with E-state index in [1.807, 2.05) is 30.5 Å². The van der Waals surface area contributed by atoms with Crippen molar-refractivity contribution in [1.82, 2.24) is 4.48 Å². The molecule has 0 radical (unpaired) electrons. The first-order valence-corrected chi connectivity index (χ1v) is 11.8. The highest BCUT2D eigenvalue weighted by molar-refractivity contribution is 5.82. The van der Waals surface area contributed by atoms with Crippen LogP contribution in [0.3, 0.4) is 0 Å². The molecule has 0 unspecified atom stereocenters.